The number of benzene rings is 2. The molecule has 0 unspecified atom stereocenters. The third kappa shape index (κ3) is 3.55. The van der Waals surface area contributed by atoms with Gasteiger partial charge in [-0.05, 0) is 36.8 Å². The number of carbonyl (C=O) groups is 1. The van der Waals surface area contributed by atoms with Crippen molar-refractivity contribution in [2.45, 2.75) is 20.0 Å². The van der Waals surface area contributed by atoms with Gasteiger partial charge in [0.25, 0.3) is 5.56 Å². The van der Waals surface area contributed by atoms with Gasteiger partial charge in [0, 0.05) is 5.02 Å². The Kier molecular flexibility index (Phi) is 5.23. The van der Waals surface area contributed by atoms with Gasteiger partial charge in [-0.25, -0.2) is 4.79 Å². The van der Waals surface area contributed by atoms with Gasteiger partial charge in [-0.15, -0.1) is 0 Å². The predicted molar refractivity (Wildman–Crippen MR) is 99.7 cm³/mol. The van der Waals surface area contributed by atoms with E-state index in [1.807, 2.05) is 0 Å². The number of para-hydroxylation sites is 1. The van der Waals surface area contributed by atoms with Gasteiger partial charge in [0.15, 0.2) is 0 Å². The molecular formula is C19H17ClN2O4. The Morgan fingerprint density at radius 1 is 1.04 bits per heavy atom. The van der Waals surface area contributed by atoms with Gasteiger partial charge in [-0.1, -0.05) is 35.9 Å². The SMILES string of the molecule is CCOC(=O)Cn1c(=O)n(Cc2ccc(Cl)cc2)c(=O)c2ccccc21. The summed E-state index contributed by atoms with van der Waals surface area (Å²) in [5.41, 5.74) is 0.201. The summed E-state index contributed by atoms with van der Waals surface area (Å²) in [6.45, 7) is 1.74. The molecule has 0 aliphatic heterocycles. The molecular weight excluding hydrogens is 356 g/mol. The first-order chi connectivity index (χ1) is 12.5. The molecule has 1 aromatic heterocycles. The van der Waals surface area contributed by atoms with Gasteiger partial charge < -0.3 is 4.74 Å². The van der Waals surface area contributed by atoms with Crippen LogP contribution in [0.4, 0.5) is 0 Å². The van der Waals surface area contributed by atoms with Crippen LogP contribution in [0.2, 0.25) is 5.02 Å². The van der Waals surface area contributed by atoms with E-state index in [-0.39, 0.29) is 19.7 Å². The lowest BCUT2D eigenvalue weighted by atomic mass is 10.2. The van der Waals surface area contributed by atoms with Crippen LogP contribution >= 0.6 is 11.6 Å². The number of fused-ring (bicyclic) bond motifs is 1. The molecule has 0 saturated carbocycles. The Labute approximate surface area is 154 Å². The smallest absolute Gasteiger partial charge is 0.332 e. The molecule has 1 heterocycles. The van der Waals surface area contributed by atoms with E-state index >= 15 is 0 Å². The van der Waals surface area contributed by atoms with E-state index in [0.29, 0.717) is 15.9 Å². The zero-order chi connectivity index (χ0) is 18.7. The highest BCUT2D eigenvalue weighted by Gasteiger charge is 2.15. The monoisotopic (exact) mass is 372 g/mol. The van der Waals surface area contributed by atoms with Gasteiger partial charge in [0.05, 0.1) is 24.1 Å². The number of halogens is 1. The van der Waals surface area contributed by atoms with Gasteiger partial charge >= 0.3 is 11.7 Å². The van der Waals surface area contributed by atoms with E-state index in [1.165, 1.54) is 4.57 Å². The minimum absolute atomic E-state index is 0.0858. The molecule has 0 spiro atoms. The minimum Gasteiger partial charge on any atom is -0.465 e. The molecule has 0 amide bonds. The quantitative estimate of drug-likeness (QED) is 0.645. The molecule has 134 valence electrons. The number of aromatic nitrogens is 2. The maximum atomic E-state index is 12.9. The number of hydrogen-bond donors (Lipinski definition) is 0. The summed E-state index contributed by atoms with van der Waals surface area (Å²) in [5.74, 6) is -0.531. The van der Waals surface area contributed by atoms with Crippen LogP contribution in [0, 0.1) is 0 Å². The van der Waals surface area contributed by atoms with Gasteiger partial charge in [0.2, 0.25) is 0 Å². The second kappa shape index (κ2) is 7.58. The van der Waals surface area contributed by atoms with Crippen molar-refractivity contribution in [3.63, 3.8) is 0 Å². The molecule has 0 aliphatic rings. The molecule has 0 aliphatic carbocycles. The topological polar surface area (TPSA) is 70.3 Å². The summed E-state index contributed by atoms with van der Waals surface area (Å²) in [6, 6.07) is 13.6. The summed E-state index contributed by atoms with van der Waals surface area (Å²) in [5, 5.41) is 0.935. The Hall–Kier alpha value is -2.86. The first-order valence-corrected chi connectivity index (χ1v) is 8.51. The van der Waals surface area contributed by atoms with Gasteiger partial charge in [-0.2, -0.15) is 0 Å². The normalized spacial score (nSPS) is 10.8. The van der Waals surface area contributed by atoms with Crippen LogP contribution in [0.25, 0.3) is 10.9 Å². The molecule has 2 aromatic carbocycles. The Bertz CT molecular complexity index is 1070. The number of carbonyl (C=O) groups excluding carboxylic acids is 1. The average Bonchev–Trinajstić information content (AvgIpc) is 2.64. The van der Waals surface area contributed by atoms with Crippen molar-refractivity contribution in [1.82, 2.24) is 9.13 Å². The van der Waals surface area contributed by atoms with Crippen LogP contribution in [0.1, 0.15) is 12.5 Å². The summed E-state index contributed by atoms with van der Waals surface area (Å²) < 4.78 is 7.33. The van der Waals surface area contributed by atoms with E-state index in [2.05, 4.69) is 0 Å². The molecule has 6 nitrogen and oxygen atoms in total. The first kappa shape index (κ1) is 17.9. The van der Waals surface area contributed by atoms with Gasteiger partial charge in [-0.3, -0.25) is 18.7 Å². The lowest BCUT2D eigenvalue weighted by Crippen LogP contribution is -2.41. The van der Waals surface area contributed by atoms with E-state index in [1.54, 1.807) is 55.5 Å². The molecule has 3 aromatic rings. The van der Waals surface area contributed by atoms with E-state index < -0.39 is 17.2 Å². The van der Waals surface area contributed by atoms with E-state index in [9.17, 15) is 14.4 Å². The molecule has 0 fully saturated rings. The highest BCUT2D eigenvalue weighted by Crippen LogP contribution is 2.11. The summed E-state index contributed by atoms with van der Waals surface area (Å²) in [6.07, 6.45) is 0. The van der Waals surface area contributed by atoms with Crippen LogP contribution < -0.4 is 11.2 Å². The van der Waals surface area contributed by atoms with E-state index in [0.717, 1.165) is 10.1 Å². The van der Waals surface area contributed by atoms with Crippen LogP contribution in [-0.2, 0) is 22.6 Å². The molecule has 0 N–H and O–H groups in total. The largest absolute Gasteiger partial charge is 0.465 e. The molecule has 26 heavy (non-hydrogen) atoms. The number of ether oxygens (including phenoxy) is 1. The van der Waals surface area contributed by atoms with Crippen molar-refractivity contribution in [1.29, 1.82) is 0 Å². The molecule has 3 rings (SSSR count). The maximum absolute atomic E-state index is 12.9. The summed E-state index contributed by atoms with van der Waals surface area (Å²) in [7, 11) is 0. The summed E-state index contributed by atoms with van der Waals surface area (Å²) in [4.78, 5) is 37.6. The average molecular weight is 373 g/mol. The molecule has 0 saturated heterocycles. The van der Waals surface area contributed by atoms with Crippen molar-refractivity contribution < 1.29 is 9.53 Å². The summed E-state index contributed by atoms with van der Waals surface area (Å²) >= 11 is 5.88. The van der Waals surface area contributed by atoms with Crippen molar-refractivity contribution in [2.75, 3.05) is 6.61 Å². The lowest BCUT2D eigenvalue weighted by Gasteiger charge is -2.13. The third-order valence-corrected chi connectivity index (χ3v) is 4.23. The second-order valence-electron chi connectivity index (χ2n) is 5.71. The van der Waals surface area contributed by atoms with E-state index in [4.69, 9.17) is 16.3 Å². The second-order valence-corrected chi connectivity index (χ2v) is 6.15. The molecule has 0 atom stereocenters. The van der Waals surface area contributed by atoms with Crippen LogP contribution in [0.5, 0.6) is 0 Å². The fourth-order valence-corrected chi connectivity index (χ4v) is 2.90. The molecule has 7 heteroatoms. The Morgan fingerprint density at radius 3 is 2.42 bits per heavy atom. The fraction of sp³-hybridized carbons (Fsp3) is 0.211. The standard InChI is InChI=1S/C19H17ClN2O4/c1-2-26-17(23)12-21-16-6-4-3-5-15(16)18(24)22(19(21)25)11-13-7-9-14(20)10-8-13/h3-10H,2,11-12H2,1H3. The zero-order valence-electron chi connectivity index (χ0n) is 14.1. The Balaban J connectivity index is 2.16. The zero-order valence-corrected chi connectivity index (χ0v) is 14.9. The van der Waals surface area contributed by atoms with Crippen molar-refractivity contribution in [3.05, 3.63) is 80.0 Å². The van der Waals surface area contributed by atoms with Crippen molar-refractivity contribution in [2.24, 2.45) is 0 Å². The van der Waals surface area contributed by atoms with Gasteiger partial charge in [0.1, 0.15) is 6.54 Å². The van der Waals surface area contributed by atoms with Crippen LogP contribution in [0.3, 0.4) is 0 Å². The number of nitrogens with zero attached hydrogens (tertiary/aromatic N) is 2. The highest BCUT2D eigenvalue weighted by atomic mass is 35.5. The molecule has 0 radical (unpaired) electrons. The number of rotatable bonds is 5. The lowest BCUT2D eigenvalue weighted by molar-refractivity contribution is -0.143. The predicted octanol–water partition coefficient (Wildman–Crippen LogP) is 2.43. The van der Waals surface area contributed by atoms with Crippen molar-refractivity contribution >= 4 is 28.5 Å². The fourth-order valence-electron chi connectivity index (χ4n) is 2.77. The Morgan fingerprint density at radius 2 is 1.73 bits per heavy atom. The number of esters is 1. The highest BCUT2D eigenvalue weighted by molar-refractivity contribution is 6.30. The molecule has 0 bridgehead atoms. The van der Waals surface area contributed by atoms with Crippen LogP contribution in [0.15, 0.2) is 58.1 Å². The van der Waals surface area contributed by atoms with Crippen molar-refractivity contribution in [3.8, 4) is 0 Å². The minimum atomic E-state index is -0.559. The first-order valence-electron chi connectivity index (χ1n) is 8.13. The van der Waals surface area contributed by atoms with Crippen LogP contribution in [-0.4, -0.2) is 21.7 Å². The number of hydrogen-bond acceptors (Lipinski definition) is 4. The maximum Gasteiger partial charge on any atom is 0.332 e. The third-order valence-electron chi connectivity index (χ3n) is 3.98.